The fraction of sp³-hybridized carbons (Fsp3) is 0.800. The maximum atomic E-state index is 10.5. The minimum atomic E-state index is -1.65. The smallest absolute Gasteiger partial charge is 0.329 e. The molecular weight excluding hydrogens is 232 g/mol. The molecule has 0 atom stereocenters. The first-order valence-electron chi connectivity index (χ1n) is 5.19. The van der Waals surface area contributed by atoms with Crippen molar-refractivity contribution in [2.75, 3.05) is 19.8 Å². The standard InChI is InChI=1S/C10H18O7/c1-4-15-10(7(2)3,16-5-8(11)12)17-6-9(13)14/h7H,4-6H2,1-3H3,(H,11,12)(H,13,14). The van der Waals surface area contributed by atoms with Gasteiger partial charge in [-0.2, -0.15) is 0 Å². The Morgan fingerprint density at radius 3 is 1.71 bits per heavy atom. The Morgan fingerprint density at radius 1 is 1.06 bits per heavy atom. The molecule has 100 valence electrons. The van der Waals surface area contributed by atoms with E-state index < -0.39 is 31.1 Å². The van der Waals surface area contributed by atoms with E-state index in [1.165, 1.54) is 0 Å². The zero-order valence-corrected chi connectivity index (χ0v) is 10.1. The summed E-state index contributed by atoms with van der Waals surface area (Å²) < 4.78 is 15.3. The molecule has 0 unspecified atom stereocenters. The van der Waals surface area contributed by atoms with Crippen LogP contribution in [-0.2, 0) is 23.8 Å². The summed E-state index contributed by atoms with van der Waals surface area (Å²) in [6.07, 6.45) is 0. The van der Waals surface area contributed by atoms with Gasteiger partial charge < -0.3 is 24.4 Å². The van der Waals surface area contributed by atoms with E-state index in [2.05, 4.69) is 0 Å². The molecule has 0 aliphatic heterocycles. The Morgan fingerprint density at radius 2 is 1.47 bits per heavy atom. The molecule has 7 heteroatoms. The summed E-state index contributed by atoms with van der Waals surface area (Å²) in [5.74, 6) is -4.38. The van der Waals surface area contributed by atoms with Crippen molar-refractivity contribution in [3.05, 3.63) is 0 Å². The second-order valence-corrected chi connectivity index (χ2v) is 3.56. The van der Waals surface area contributed by atoms with E-state index in [4.69, 9.17) is 24.4 Å². The lowest BCUT2D eigenvalue weighted by Gasteiger charge is -2.35. The molecule has 0 aromatic heterocycles. The average molecular weight is 250 g/mol. The highest BCUT2D eigenvalue weighted by Crippen LogP contribution is 2.25. The highest BCUT2D eigenvalue weighted by molar-refractivity contribution is 5.68. The third-order valence-electron chi connectivity index (χ3n) is 1.85. The molecule has 2 N–H and O–H groups in total. The van der Waals surface area contributed by atoms with Gasteiger partial charge in [0.25, 0.3) is 5.97 Å². The van der Waals surface area contributed by atoms with Crippen molar-refractivity contribution in [2.45, 2.75) is 26.7 Å². The van der Waals surface area contributed by atoms with Crippen LogP contribution in [0.25, 0.3) is 0 Å². The minimum Gasteiger partial charge on any atom is -0.480 e. The van der Waals surface area contributed by atoms with Gasteiger partial charge in [0, 0.05) is 12.5 Å². The molecule has 0 radical (unpaired) electrons. The normalized spacial score (nSPS) is 11.8. The molecule has 17 heavy (non-hydrogen) atoms. The highest BCUT2D eigenvalue weighted by atomic mass is 16.9. The third kappa shape index (κ3) is 5.62. The number of carbonyl (C=O) groups is 2. The van der Waals surface area contributed by atoms with Crippen molar-refractivity contribution >= 4 is 11.9 Å². The average Bonchev–Trinajstić information content (AvgIpc) is 2.21. The summed E-state index contributed by atoms with van der Waals surface area (Å²) in [6.45, 7) is 3.98. The number of rotatable bonds is 9. The Balaban J connectivity index is 4.71. The number of hydrogen-bond donors (Lipinski definition) is 2. The van der Waals surface area contributed by atoms with Crippen molar-refractivity contribution in [1.82, 2.24) is 0 Å². The molecule has 0 aliphatic carbocycles. The van der Waals surface area contributed by atoms with E-state index in [1.54, 1.807) is 20.8 Å². The summed E-state index contributed by atoms with van der Waals surface area (Å²) in [7, 11) is 0. The van der Waals surface area contributed by atoms with Gasteiger partial charge in [0.05, 0.1) is 0 Å². The second-order valence-electron chi connectivity index (χ2n) is 3.56. The fourth-order valence-electron chi connectivity index (χ4n) is 1.15. The van der Waals surface area contributed by atoms with E-state index in [0.29, 0.717) is 0 Å². The lowest BCUT2D eigenvalue weighted by molar-refractivity contribution is -0.395. The van der Waals surface area contributed by atoms with Gasteiger partial charge in [0.2, 0.25) is 0 Å². The van der Waals surface area contributed by atoms with Crippen LogP contribution in [0.5, 0.6) is 0 Å². The third-order valence-corrected chi connectivity index (χ3v) is 1.85. The zero-order chi connectivity index (χ0) is 13.5. The van der Waals surface area contributed by atoms with Gasteiger partial charge in [-0.15, -0.1) is 0 Å². The summed E-state index contributed by atoms with van der Waals surface area (Å²) >= 11 is 0. The number of carboxylic acids is 2. The van der Waals surface area contributed by atoms with Gasteiger partial charge in [-0.25, -0.2) is 9.59 Å². The molecular formula is C10H18O7. The van der Waals surface area contributed by atoms with Gasteiger partial charge in [-0.05, 0) is 6.92 Å². The molecule has 0 aliphatic rings. The number of aliphatic carboxylic acids is 2. The topological polar surface area (TPSA) is 102 Å². The molecule has 0 saturated carbocycles. The van der Waals surface area contributed by atoms with Crippen LogP contribution in [0.2, 0.25) is 0 Å². The molecule has 0 heterocycles. The summed E-state index contributed by atoms with van der Waals surface area (Å²) in [5, 5.41) is 17.1. The van der Waals surface area contributed by atoms with E-state index in [0.717, 1.165) is 0 Å². The van der Waals surface area contributed by atoms with Crippen LogP contribution in [0.3, 0.4) is 0 Å². The maximum absolute atomic E-state index is 10.5. The summed E-state index contributed by atoms with van der Waals surface area (Å²) in [6, 6.07) is 0. The van der Waals surface area contributed by atoms with E-state index in [1.807, 2.05) is 0 Å². The predicted octanol–water partition coefficient (Wildman–Crippen LogP) is 0.535. The highest BCUT2D eigenvalue weighted by Gasteiger charge is 2.38. The first kappa shape index (κ1) is 15.8. The first-order valence-corrected chi connectivity index (χ1v) is 5.19. The van der Waals surface area contributed by atoms with Crippen molar-refractivity contribution < 1.29 is 34.0 Å². The van der Waals surface area contributed by atoms with Crippen molar-refractivity contribution in [3.63, 3.8) is 0 Å². The molecule has 0 spiro atoms. The molecule has 0 bridgehead atoms. The lowest BCUT2D eigenvalue weighted by Crippen LogP contribution is -2.46. The van der Waals surface area contributed by atoms with Gasteiger partial charge in [0.15, 0.2) is 0 Å². The maximum Gasteiger partial charge on any atom is 0.329 e. The fourth-order valence-corrected chi connectivity index (χ4v) is 1.15. The molecule has 7 nitrogen and oxygen atoms in total. The summed E-state index contributed by atoms with van der Waals surface area (Å²) in [4.78, 5) is 20.9. The lowest BCUT2D eigenvalue weighted by atomic mass is 10.2. The van der Waals surface area contributed by atoms with Gasteiger partial charge in [-0.3, -0.25) is 0 Å². The van der Waals surface area contributed by atoms with Gasteiger partial charge in [-0.1, -0.05) is 13.8 Å². The van der Waals surface area contributed by atoms with Crippen molar-refractivity contribution in [3.8, 4) is 0 Å². The number of hydrogen-bond acceptors (Lipinski definition) is 5. The Labute approximate surface area is 99.3 Å². The van der Waals surface area contributed by atoms with Crippen molar-refractivity contribution in [1.29, 1.82) is 0 Å². The van der Waals surface area contributed by atoms with Crippen LogP contribution in [0.15, 0.2) is 0 Å². The minimum absolute atomic E-state index is 0.206. The summed E-state index contributed by atoms with van der Waals surface area (Å²) in [5.41, 5.74) is 0. The van der Waals surface area contributed by atoms with Crippen LogP contribution in [0.1, 0.15) is 20.8 Å². The SMILES string of the molecule is CCOC(OCC(=O)O)(OCC(=O)O)C(C)C. The van der Waals surface area contributed by atoms with Crippen molar-refractivity contribution in [2.24, 2.45) is 5.92 Å². The van der Waals surface area contributed by atoms with E-state index >= 15 is 0 Å². The van der Waals surface area contributed by atoms with E-state index in [9.17, 15) is 9.59 Å². The second kappa shape index (κ2) is 7.21. The zero-order valence-electron chi connectivity index (χ0n) is 10.1. The van der Waals surface area contributed by atoms with Crippen LogP contribution >= 0.6 is 0 Å². The van der Waals surface area contributed by atoms with Crippen LogP contribution in [0.4, 0.5) is 0 Å². The molecule has 0 aromatic rings. The Bertz CT molecular complexity index is 243. The predicted molar refractivity (Wildman–Crippen MR) is 56.4 cm³/mol. The number of carboxylic acid groups (broad SMARTS) is 2. The van der Waals surface area contributed by atoms with Gasteiger partial charge in [0.1, 0.15) is 13.2 Å². The quantitative estimate of drug-likeness (QED) is 0.575. The van der Waals surface area contributed by atoms with E-state index in [-0.39, 0.29) is 12.5 Å². The Hall–Kier alpha value is -1.18. The van der Waals surface area contributed by atoms with Crippen LogP contribution < -0.4 is 0 Å². The van der Waals surface area contributed by atoms with Gasteiger partial charge >= 0.3 is 11.9 Å². The molecule has 0 saturated heterocycles. The molecule has 0 rings (SSSR count). The number of ether oxygens (including phenoxy) is 3. The molecule has 0 amide bonds. The largest absolute Gasteiger partial charge is 0.480 e. The van der Waals surface area contributed by atoms with Crippen LogP contribution in [-0.4, -0.2) is 47.9 Å². The monoisotopic (exact) mass is 250 g/mol. The van der Waals surface area contributed by atoms with Crippen LogP contribution in [0, 0.1) is 5.92 Å². The Kier molecular flexibility index (Phi) is 6.71. The molecule has 0 aromatic carbocycles. The first-order chi connectivity index (χ1) is 7.84. The molecule has 0 fully saturated rings.